The molecule has 1 aromatic rings. The molecule has 1 aromatic heterocycles. The molecule has 1 atom stereocenters. The van der Waals surface area contributed by atoms with Gasteiger partial charge in [-0.1, -0.05) is 0 Å². The molecule has 1 unspecified atom stereocenters. The summed E-state index contributed by atoms with van der Waals surface area (Å²) in [5.41, 5.74) is 2.15. The van der Waals surface area contributed by atoms with Crippen LogP contribution >= 0.6 is 11.6 Å². The van der Waals surface area contributed by atoms with Crippen LogP contribution in [0.1, 0.15) is 18.5 Å². The Labute approximate surface area is 108 Å². The van der Waals surface area contributed by atoms with Gasteiger partial charge >= 0.3 is 0 Å². The Balaban J connectivity index is 2.00. The van der Waals surface area contributed by atoms with Crippen LogP contribution in [0.15, 0.2) is 18.3 Å². The molecule has 17 heavy (non-hydrogen) atoms. The average molecular weight is 254 g/mol. The van der Waals surface area contributed by atoms with Crippen molar-refractivity contribution in [1.82, 2.24) is 9.88 Å². The van der Waals surface area contributed by atoms with E-state index in [2.05, 4.69) is 34.9 Å². The average Bonchev–Trinajstić information content (AvgIpc) is 2.75. The second-order valence-corrected chi connectivity index (χ2v) is 5.06. The van der Waals surface area contributed by atoms with Crippen LogP contribution in [-0.4, -0.2) is 43.1 Å². The second kappa shape index (κ2) is 5.69. The van der Waals surface area contributed by atoms with Crippen molar-refractivity contribution in [2.75, 3.05) is 32.1 Å². The number of pyridine rings is 1. The van der Waals surface area contributed by atoms with Crippen LogP contribution in [0.3, 0.4) is 0 Å². The van der Waals surface area contributed by atoms with Crippen molar-refractivity contribution in [3.63, 3.8) is 0 Å². The Hall–Kier alpha value is -0.800. The van der Waals surface area contributed by atoms with Gasteiger partial charge in [-0.15, -0.1) is 11.6 Å². The predicted molar refractivity (Wildman–Crippen MR) is 72.7 cm³/mol. The molecule has 0 aromatic carbocycles. The number of likely N-dealkylation sites (N-methyl/N-ethyl adjacent to an activating group) is 2. The van der Waals surface area contributed by atoms with Crippen molar-refractivity contribution in [3.05, 3.63) is 24.0 Å². The number of halogens is 1. The van der Waals surface area contributed by atoms with Crippen LogP contribution in [-0.2, 0) is 5.88 Å². The first-order valence-electron chi connectivity index (χ1n) is 6.13. The van der Waals surface area contributed by atoms with Crippen LogP contribution < -0.4 is 4.90 Å². The molecule has 1 aliphatic rings. The molecule has 0 bridgehead atoms. The topological polar surface area (TPSA) is 19.4 Å². The van der Waals surface area contributed by atoms with E-state index < -0.39 is 0 Å². The zero-order chi connectivity index (χ0) is 12.3. The fraction of sp³-hybridized carbons (Fsp3) is 0.615. The quantitative estimate of drug-likeness (QED) is 0.768. The van der Waals surface area contributed by atoms with Crippen molar-refractivity contribution < 1.29 is 0 Å². The molecule has 3 nitrogen and oxygen atoms in total. The second-order valence-electron chi connectivity index (χ2n) is 4.80. The minimum atomic E-state index is 0.477. The monoisotopic (exact) mass is 253 g/mol. The Morgan fingerprint density at radius 3 is 3.06 bits per heavy atom. The predicted octanol–water partition coefficient (Wildman–Crippen LogP) is 2.35. The van der Waals surface area contributed by atoms with Gasteiger partial charge in [-0.05, 0) is 38.6 Å². The van der Waals surface area contributed by atoms with Gasteiger partial charge in [0.05, 0.1) is 11.6 Å². The van der Waals surface area contributed by atoms with E-state index in [4.69, 9.17) is 11.6 Å². The van der Waals surface area contributed by atoms with Crippen LogP contribution in [0.2, 0.25) is 0 Å². The van der Waals surface area contributed by atoms with Gasteiger partial charge in [0.15, 0.2) is 0 Å². The summed E-state index contributed by atoms with van der Waals surface area (Å²) in [4.78, 5) is 8.96. The minimum absolute atomic E-state index is 0.477. The smallest absolute Gasteiger partial charge is 0.0648 e. The molecular formula is C13H20ClN3. The van der Waals surface area contributed by atoms with E-state index in [0.29, 0.717) is 11.9 Å². The molecule has 2 rings (SSSR count). The summed E-state index contributed by atoms with van der Waals surface area (Å²) >= 11 is 5.81. The molecule has 1 aliphatic heterocycles. The number of nitrogens with zero attached hydrogens (tertiary/aromatic N) is 3. The lowest BCUT2D eigenvalue weighted by molar-refractivity contribution is 0.314. The Kier molecular flexibility index (Phi) is 4.24. The standard InChI is InChI=1S/C13H20ClN3/c1-16-7-3-4-13(16)10-17(2)12-5-6-15-11(8-12)9-14/h5-6,8,13H,3-4,7,9-10H2,1-2H3. The third kappa shape index (κ3) is 3.11. The van der Waals surface area contributed by atoms with Crippen LogP contribution in [0, 0.1) is 0 Å². The van der Waals surface area contributed by atoms with Gasteiger partial charge in [-0.3, -0.25) is 4.98 Å². The fourth-order valence-corrected chi connectivity index (χ4v) is 2.55. The molecule has 4 heteroatoms. The van der Waals surface area contributed by atoms with E-state index in [-0.39, 0.29) is 0 Å². The van der Waals surface area contributed by atoms with Crippen molar-refractivity contribution in [2.45, 2.75) is 24.8 Å². The molecule has 2 heterocycles. The lowest BCUT2D eigenvalue weighted by Gasteiger charge is -2.27. The number of aromatic nitrogens is 1. The maximum atomic E-state index is 5.81. The van der Waals surface area contributed by atoms with Gasteiger partial charge < -0.3 is 9.80 Å². The summed E-state index contributed by atoms with van der Waals surface area (Å²) in [5.74, 6) is 0.477. The summed E-state index contributed by atoms with van der Waals surface area (Å²) in [6.07, 6.45) is 4.45. The summed E-state index contributed by atoms with van der Waals surface area (Å²) < 4.78 is 0. The molecule has 94 valence electrons. The minimum Gasteiger partial charge on any atom is -0.373 e. The van der Waals surface area contributed by atoms with Gasteiger partial charge in [0.25, 0.3) is 0 Å². The van der Waals surface area contributed by atoms with Gasteiger partial charge in [0, 0.05) is 31.5 Å². The van der Waals surface area contributed by atoms with Gasteiger partial charge in [0.1, 0.15) is 0 Å². The summed E-state index contributed by atoms with van der Waals surface area (Å²) in [6.45, 7) is 2.30. The van der Waals surface area contributed by atoms with Crippen LogP contribution in [0.5, 0.6) is 0 Å². The van der Waals surface area contributed by atoms with E-state index in [0.717, 1.165) is 12.2 Å². The van der Waals surface area contributed by atoms with E-state index in [1.54, 1.807) is 0 Å². The number of likely N-dealkylation sites (tertiary alicyclic amines) is 1. The molecule has 1 fully saturated rings. The summed E-state index contributed by atoms with van der Waals surface area (Å²) in [5, 5.41) is 0. The highest BCUT2D eigenvalue weighted by Crippen LogP contribution is 2.19. The normalized spacial score (nSPS) is 20.8. The van der Waals surface area contributed by atoms with E-state index in [9.17, 15) is 0 Å². The van der Waals surface area contributed by atoms with Crippen LogP contribution in [0.25, 0.3) is 0 Å². The number of hydrogen-bond donors (Lipinski definition) is 0. The highest BCUT2D eigenvalue weighted by atomic mass is 35.5. The first-order valence-corrected chi connectivity index (χ1v) is 6.66. The van der Waals surface area contributed by atoms with Crippen LogP contribution in [0.4, 0.5) is 5.69 Å². The highest BCUT2D eigenvalue weighted by Gasteiger charge is 2.22. The molecule has 1 saturated heterocycles. The molecule has 0 spiro atoms. The summed E-state index contributed by atoms with van der Waals surface area (Å²) in [6, 6.07) is 4.79. The number of hydrogen-bond acceptors (Lipinski definition) is 3. The Morgan fingerprint density at radius 1 is 1.59 bits per heavy atom. The van der Waals surface area contributed by atoms with Gasteiger partial charge in [0.2, 0.25) is 0 Å². The van der Waals surface area contributed by atoms with E-state index in [1.807, 2.05) is 12.3 Å². The van der Waals surface area contributed by atoms with Gasteiger partial charge in [-0.25, -0.2) is 0 Å². The van der Waals surface area contributed by atoms with E-state index >= 15 is 0 Å². The maximum absolute atomic E-state index is 5.81. The molecule has 0 N–H and O–H groups in total. The molecular weight excluding hydrogens is 234 g/mol. The van der Waals surface area contributed by atoms with Crippen molar-refractivity contribution in [2.24, 2.45) is 0 Å². The first kappa shape index (κ1) is 12.7. The number of anilines is 1. The van der Waals surface area contributed by atoms with Crippen molar-refractivity contribution >= 4 is 17.3 Å². The number of alkyl halides is 1. The fourth-order valence-electron chi connectivity index (χ4n) is 2.41. The lowest BCUT2D eigenvalue weighted by Crippen LogP contribution is -2.36. The lowest BCUT2D eigenvalue weighted by atomic mass is 10.2. The number of rotatable bonds is 4. The van der Waals surface area contributed by atoms with Crippen molar-refractivity contribution in [3.8, 4) is 0 Å². The third-order valence-corrected chi connectivity index (χ3v) is 3.81. The first-order chi connectivity index (χ1) is 8.20. The summed E-state index contributed by atoms with van der Waals surface area (Å²) in [7, 11) is 4.35. The molecule has 0 saturated carbocycles. The zero-order valence-electron chi connectivity index (χ0n) is 10.6. The third-order valence-electron chi connectivity index (χ3n) is 3.53. The maximum Gasteiger partial charge on any atom is 0.0648 e. The molecule has 0 amide bonds. The largest absolute Gasteiger partial charge is 0.373 e. The molecule has 0 radical (unpaired) electrons. The zero-order valence-corrected chi connectivity index (χ0v) is 11.3. The highest BCUT2D eigenvalue weighted by molar-refractivity contribution is 6.16. The Morgan fingerprint density at radius 2 is 2.41 bits per heavy atom. The van der Waals surface area contributed by atoms with E-state index in [1.165, 1.54) is 25.1 Å². The Bertz CT molecular complexity index is 369. The molecule has 0 aliphatic carbocycles. The van der Waals surface area contributed by atoms with Crippen molar-refractivity contribution in [1.29, 1.82) is 0 Å². The SMILES string of the molecule is CN(CC1CCCN1C)c1ccnc(CCl)c1. The van der Waals surface area contributed by atoms with Gasteiger partial charge in [-0.2, -0.15) is 0 Å².